The number of amides is 1. The van der Waals surface area contributed by atoms with Gasteiger partial charge in [0.25, 0.3) is 0 Å². The van der Waals surface area contributed by atoms with Crippen LogP contribution in [0, 0.1) is 5.92 Å². The minimum Gasteiger partial charge on any atom is -0.480 e. The van der Waals surface area contributed by atoms with Gasteiger partial charge in [0.15, 0.2) is 0 Å². The van der Waals surface area contributed by atoms with E-state index in [0.717, 1.165) is 6.42 Å². The van der Waals surface area contributed by atoms with Crippen molar-refractivity contribution in [1.29, 1.82) is 0 Å². The number of carboxylic acids is 1. The summed E-state index contributed by atoms with van der Waals surface area (Å²) >= 11 is 5.91. The molecule has 0 radical (unpaired) electrons. The third-order valence-corrected chi connectivity index (χ3v) is 3.11. The van der Waals surface area contributed by atoms with Crippen molar-refractivity contribution in [1.82, 2.24) is 5.32 Å². The molecule has 1 aromatic carbocycles. The number of nitrogens with zero attached hydrogens (tertiary/aromatic N) is 1. The first-order valence-electron chi connectivity index (χ1n) is 6.87. The third-order valence-electron chi connectivity index (χ3n) is 2.88. The lowest BCUT2D eigenvalue weighted by molar-refractivity contribution is -0.135. The number of nitrogens with one attached hydrogen (secondary N) is 1. The van der Waals surface area contributed by atoms with Crippen LogP contribution in [0.4, 0.5) is 5.69 Å². The number of hydrogen-bond donors (Lipinski definition) is 2. The maximum absolute atomic E-state index is 11.9. The Morgan fingerprint density at radius 2 is 2.05 bits per heavy atom. The molecule has 0 atom stereocenters. The maximum atomic E-state index is 11.9. The molecule has 5 nitrogen and oxygen atoms in total. The van der Waals surface area contributed by atoms with Crippen molar-refractivity contribution < 1.29 is 14.7 Å². The Morgan fingerprint density at radius 1 is 1.33 bits per heavy atom. The second-order valence-corrected chi connectivity index (χ2v) is 5.70. The molecule has 21 heavy (non-hydrogen) atoms. The Kier molecular flexibility index (Phi) is 7.02. The van der Waals surface area contributed by atoms with Gasteiger partial charge >= 0.3 is 5.97 Å². The number of anilines is 1. The second kappa shape index (κ2) is 8.52. The van der Waals surface area contributed by atoms with Crippen LogP contribution in [-0.2, 0) is 9.59 Å². The van der Waals surface area contributed by atoms with Crippen LogP contribution in [0.15, 0.2) is 24.3 Å². The molecule has 0 fully saturated rings. The monoisotopic (exact) mass is 312 g/mol. The van der Waals surface area contributed by atoms with Gasteiger partial charge in [0.05, 0.1) is 6.54 Å². The molecule has 0 bridgehead atoms. The van der Waals surface area contributed by atoms with E-state index in [9.17, 15) is 9.59 Å². The maximum Gasteiger partial charge on any atom is 0.323 e. The average Bonchev–Trinajstić information content (AvgIpc) is 2.37. The molecule has 0 spiro atoms. The summed E-state index contributed by atoms with van der Waals surface area (Å²) in [6.45, 7) is 4.49. The van der Waals surface area contributed by atoms with E-state index in [2.05, 4.69) is 19.2 Å². The van der Waals surface area contributed by atoms with Crippen LogP contribution in [0.1, 0.15) is 20.3 Å². The molecule has 2 N–H and O–H groups in total. The Morgan fingerprint density at radius 3 is 2.62 bits per heavy atom. The lowest BCUT2D eigenvalue weighted by Crippen LogP contribution is -2.40. The first-order valence-corrected chi connectivity index (χ1v) is 7.25. The van der Waals surface area contributed by atoms with Crippen molar-refractivity contribution in [3.63, 3.8) is 0 Å². The predicted molar refractivity (Wildman–Crippen MR) is 83.8 cm³/mol. The summed E-state index contributed by atoms with van der Waals surface area (Å²) in [6, 6.07) is 6.80. The number of carbonyl (C=O) groups is 2. The molecule has 0 unspecified atom stereocenters. The Balaban J connectivity index is 2.66. The zero-order valence-electron chi connectivity index (χ0n) is 12.3. The van der Waals surface area contributed by atoms with Crippen molar-refractivity contribution in [3.05, 3.63) is 29.3 Å². The highest BCUT2D eigenvalue weighted by atomic mass is 35.5. The lowest BCUT2D eigenvalue weighted by atomic mass is 10.1. The molecule has 0 aliphatic rings. The van der Waals surface area contributed by atoms with E-state index in [-0.39, 0.29) is 19.0 Å². The number of rotatable bonds is 8. The fourth-order valence-electron chi connectivity index (χ4n) is 1.80. The smallest absolute Gasteiger partial charge is 0.323 e. The van der Waals surface area contributed by atoms with Crippen molar-refractivity contribution >= 4 is 29.2 Å². The van der Waals surface area contributed by atoms with Gasteiger partial charge in [-0.1, -0.05) is 31.5 Å². The fraction of sp³-hybridized carbons (Fsp3) is 0.467. The van der Waals surface area contributed by atoms with Gasteiger partial charge < -0.3 is 15.3 Å². The van der Waals surface area contributed by atoms with E-state index in [0.29, 0.717) is 23.2 Å². The second-order valence-electron chi connectivity index (χ2n) is 5.26. The zero-order chi connectivity index (χ0) is 15.8. The molecule has 1 rings (SSSR count). The largest absolute Gasteiger partial charge is 0.480 e. The van der Waals surface area contributed by atoms with Crippen LogP contribution in [0.25, 0.3) is 0 Å². The average molecular weight is 313 g/mol. The standard InChI is InChI=1S/C15H21ClN2O3/c1-11(2)6-7-17-14(19)9-18(10-15(20)21)13-5-3-4-12(16)8-13/h3-5,8,11H,6-7,9-10H2,1-2H3,(H,17,19)(H,20,21). The summed E-state index contributed by atoms with van der Waals surface area (Å²) in [4.78, 5) is 24.3. The highest BCUT2D eigenvalue weighted by Gasteiger charge is 2.15. The lowest BCUT2D eigenvalue weighted by Gasteiger charge is -2.22. The van der Waals surface area contributed by atoms with Crippen molar-refractivity contribution in [2.45, 2.75) is 20.3 Å². The van der Waals surface area contributed by atoms with Crippen molar-refractivity contribution in [2.24, 2.45) is 5.92 Å². The van der Waals surface area contributed by atoms with Gasteiger partial charge in [0.1, 0.15) is 6.54 Å². The van der Waals surface area contributed by atoms with E-state index < -0.39 is 5.97 Å². The fourth-order valence-corrected chi connectivity index (χ4v) is 1.99. The van der Waals surface area contributed by atoms with Gasteiger partial charge in [-0.2, -0.15) is 0 Å². The van der Waals surface area contributed by atoms with Crippen molar-refractivity contribution in [3.8, 4) is 0 Å². The molecular weight excluding hydrogens is 292 g/mol. The molecule has 6 heteroatoms. The van der Waals surface area contributed by atoms with Gasteiger partial charge in [-0.3, -0.25) is 9.59 Å². The molecule has 0 aliphatic heterocycles. The van der Waals surface area contributed by atoms with Gasteiger partial charge in [0, 0.05) is 17.3 Å². The van der Waals surface area contributed by atoms with Crippen LogP contribution in [0.3, 0.4) is 0 Å². The summed E-state index contributed by atoms with van der Waals surface area (Å²) in [5.41, 5.74) is 0.615. The number of aliphatic carboxylic acids is 1. The molecule has 0 aliphatic carbocycles. The van der Waals surface area contributed by atoms with Crippen LogP contribution >= 0.6 is 11.6 Å². The number of halogens is 1. The molecule has 116 valence electrons. The molecule has 0 heterocycles. The summed E-state index contributed by atoms with van der Waals surface area (Å²) in [6.07, 6.45) is 0.891. The van der Waals surface area contributed by atoms with Crippen LogP contribution < -0.4 is 10.2 Å². The highest BCUT2D eigenvalue weighted by molar-refractivity contribution is 6.30. The molecule has 0 saturated heterocycles. The van der Waals surface area contributed by atoms with Gasteiger partial charge in [-0.25, -0.2) is 0 Å². The number of benzene rings is 1. The summed E-state index contributed by atoms with van der Waals surface area (Å²) in [7, 11) is 0. The zero-order valence-corrected chi connectivity index (χ0v) is 13.1. The minimum atomic E-state index is -0.995. The molecule has 0 aromatic heterocycles. The SMILES string of the molecule is CC(C)CCNC(=O)CN(CC(=O)O)c1cccc(Cl)c1. The molecule has 1 amide bonds. The van der Waals surface area contributed by atoms with E-state index in [1.807, 2.05) is 0 Å². The topological polar surface area (TPSA) is 69.6 Å². The van der Waals surface area contributed by atoms with Gasteiger partial charge in [0.2, 0.25) is 5.91 Å². The van der Waals surface area contributed by atoms with Crippen LogP contribution in [0.5, 0.6) is 0 Å². The van der Waals surface area contributed by atoms with E-state index in [1.54, 1.807) is 24.3 Å². The number of hydrogen-bond acceptors (Lipinski definition) is 3. The Bertz CT molecular complexity index is 492. The Labute approximate surface area is 129 Å². The van der Waals surface area contributed by atoms with E-state index in [1.165, 1.54) is 4.90 Å². The number of carboxylic acid groups (broad SMARTS) is 1. The van der Waals surface area contributed by atoms with Crippen LogP contribution in [0.2, 0.25) is 5.02 Å². The van der Waals surface area contributed by atoms with Crippen LogP contribution in [-0.4, -0.2) is 36.6 Å². The predicted octanol–water partition coefficient (Wildman–Crippen LogP) is 2.39. The van der Waals surface area contributed by atoms with E-state index in [4.69, 9.17) is 16.7 Å². The van der Waals surface area contributed by atoms with E-state index >= 15 is 0 Å². The number of carbonyl (C=O) groups excluding carboxylic acids is 1. The first kappa shape index (κ1) is 17.3. The Hall–Kier alpha value is -1.75. The summed E-state index contributed by atoms with van der Waals surface area (Å²) < 4.78 is 0. The van der Waals surface area contributed by atoms with Gasteiger partial charge in [-0.15, -0.1) is 0 Å². The first-order chi connectivity index (χ1) is 9.88. The quantitative estimate of drug-likeness (QED) is 0.773. The summed E-state index contributed by atoms with van der Waals surface area (Å²) in [5, 5.41) is 12.3. The van der Waals surface area contributed by atoms with Gasteiger partial charge in [-0.05, 0) is 30.5 Å². The van der Waals surface area contributed by atoms with Crippen molar-refractivity contribution in [2.75, 3.05) is 24.5 Å². The highest BCUT2D eigenvalue weighted by Crippen LogP contribution is 2.19. The normalized spacial score (nSPS) is 10.5. The molecular formula is C15H21ClN2O3. The molecule has 1 aromatic rings. The molecule has 0 saturated carbocycles. The third kappa shape index (κ3) is 6.99. The summed E-state index contributed by atoms with van der Waals surface area (Å²) in [5.74, 6) is -0.685. The minimum absolute atomic E-state index is 0.00919.